The first-order valence-electron chi connectivity index (χ1n) is 5.72. The van der Waals surface area contributed by atoms with Crippen LogP contribution in [-0.2, 0) is 4.74 Å². The molecule has 0 heterocycles. The molecule has 2 rings (SSSR count). The van der Waals surface area contributed by atoms with Crippen LogP contribution in [0.1, 0.15) is 10.4 Å². The van der Waals surface area contributed by atoms with E-state index in [1.807, 2.05) is 24.3 Å². The third-order valence-electron chi connectivity index (χ3n) is 2.74. The number of phenols is 1. The van der Waals surface area contributed by atoms with Crippen LogP contribution in [0.25, 0.3) is 10.8 Å². The minimum Gasteiger partial charge on any atom is -0.506 e. The summed E-state index contributed by atoms with van der Waals surface area (Å²) < 4.78 is 4.85. The average molecular weight is 245 g/mol. The van der Waals surface area contributed by atoms with E-state index in [-0.39, 0.29) is 17.2 Å². The van der Waals surface area contributed by atoms with Crippen LogP contribution in [0.15, 0.2) is 36.4 Å². The van der Waals surface area contributed by atoms with E-state index in [1.54, 1.807) is 19.2 Å². The van der Waals surface area contributed by atoms with Crippen LogP contribution in [0.5, 0.6) is 5.75 Å². The number of hydrogen-bond acceptors (Lipinski definition) is 3. The van der Waals surface area contributed by atoms with Crippen LogP contribution in [0.2, 0.25) is 0 Å². The number of benzene rings is 2. The maximum absolute atomic E-state index is 11.9. The van der Waals surface area contributed by atoms with Crippen LogP contribution in [0, 0.1) is 0 Å². The second-order valence-electron chi connectivity index (χ2n) is 3.93. The summed E-state index contributed by atoms with van der Waals surface area (Å²) in [5.74, 6) is -0.279. The Hall–Kier alpha value is -2.07. The van der Waals surface area contributed by atoms with Gasteiger partial charge in [-0.25, -0.2) is 0 Å². The predicted octanol–water partition coefficient (Wildman–Crippen LogP) is 1.92. The van der Waals surface area contributed by atoms with Gasteiger partial charge in [-0.1, -0.05) is 30.3 Å². The topological polar surface area (TPSA) is 58.6 Å². The number of methoxy groups -OCH3 is 1. The van der Waals surface area contributed by atoms with E-state index in [9.17, 15) is 9.90 Å². The molecule has 4 heteroatoms. The number of nitrogens with one attached hydrogen (secondary N) is 1. The number of aromatic hydroxyl groups is 1. The highest BCUT2D eigenvalue weighted by molar-refractivity contribution is 6.03. The Balaban J connectivity index is 2.28. The molecule has 2 aromatic rings. The molecule has 4 nitrogen and oxygen atoms in total. The summed E-state index contributed by atoms with van der Waals surface area (Å²) in [5, 5.41) is 14.3. The molecule has 2 aromatic carbocycles. The summed E-state index contributed by atoms with van der Waals surface area (Å²) in [6, 6.07) is 10.8. The van der Waals surface area contributed by atoms with Gasteiger partial charge in [0.2, 0.25) is 0 Å². The number of hydrogen-bond donors (Lipinski definition) is 2. The maximum atomic E-state index is 11.9. The minimum absolute atomic E-state index is 0.0167. The van der Waals surface area contributed by atoms with E-state index in [0.29, 0.717) is 18.5 Å². The van der Waals surface area contributed by atoms with Crippen molar-refractivity contribution < 1.29 is 14.6 Å². The summed E-state index contributed by atoms with van der Waals surface area (Å²) in [5.41, 5.74) is 0.282. The quantitative estimate of drug-likeness (QED) is 0.809. The normalized spacial score (nSPS) is 10.5. The van der Waals surface area contributed by atoms with Crippen molar-refractivity contribution in [2.45, 2.75) is 0 Å². The molecule has 0 fully saturated rings. The fourth-order valence-corrected chi connectivity index (χ4v) is 1.80. The Bertz CT molecular complexity index is 566. The lowest BCUT2D eigenvalue weighted by molar-refractivity contribution is 0.0934. The van der Waals surface area contributed by atoms with Crippen molar-refractivity contribution in [2.75, 3.05) is 20.3 Å². The third kappa shape index (κ3) is 2.43. The summed E-state index contributed by atoms with van der Waals surface area (Å²) in [4.78, 5) is 11.9. The Kier molecular flexibility index (Phi) is 3.79. The highest BCUT2D eigenvalue weighted by Gasteiger charge is 2.12. The molecule has 0 saturated carbocycles. The smallest absolute Gasteiger partial charge is 0.255 e. The fourth-order valence-electron chi connectivity index (χ4n) is 1.80. The van der Waals surface area contributed by atoms with Crippen molar-refractivity contribution in [3.05, 3.63) is 42.0 Å². The van der Waals surface area contributed by atoms with Gasteiger partial charge in [0.25, 0.3) is 5.91 Å². The molecule has 2 N–H and O–H groups in total. The molecule has 0 spiro atoms. The molecule has 0 aliphatic carbocycles. The van der Waals surface area contributed by atoms with Crippen molar-refractivity contribution in [2.24, 2.45) is 0 Å². The van der Waals surface area contributed by atoms with E-state index in [0.717, 1.165) is 5.39 Å². The Labute approximate surface area is 105 Å². The number of ether oxygens (including phenoxy) is 1. The van der Waals surface area contributed by atoms with Gasteiger partial charge in [-0.2, -0.15) is 0 Å². The van der Waals surface area contributed by atoms with Crippen molar-refractivity contribution in [3.8, 4) is 5.75 Å². The van der Waals surface area contributed by atoms with Crippen LogP contribution in [0.3, 0.4) is 0 Å². The molecule has 0 bridgehead atoms. The van der Waals surface area contributed by atoms with Crippen molar-refractivity contribution >= 4 is 16.7 Å². The van der Waals surface area contributed by atoms with Gasteiger partial charge in [0, 0.05) is 19.0 Å². The zero-order chi connectivity index (χ0) is 13.0. The summed E-state index contributed by atoms with van der Waals surface area (Å²) in [7, 11) is 1.57. The van der Waals surface area contributed by atoms with E-state index in [2.05, 4.69) is 5.32 Å². The van der Waals surface area contributed by atoms with Crippen LogP contribution in [-0.4, -0.2) is 31.3 Å². The second-order valence-corrected chi connectivity index (χ2v) is 3.93. The highest BCUT2D eigenvalue weighted by atomic mass is 16.5. The molecule has 0 radical (unpaired) electrons. The van der Waals surface area contributed by atoms with Crippen molar-refractivity contribution in [1.29, 1.82) is 0 Å². The SMILES string of the molecule is COCCNC(=O)c1ccc2ccccc2c1O. The van der Waals surface area contributed by atoms with Gasteiger partial charge in [0.05, 0.1) is 12.2 Å². The number of rotatable bonds is 4. The number of fused-ring (bicyclic) bond motifs is 1. The number of phenolic OH excluding ortho intramolecular Hbond substituents is 1. The van der Waals surface area contributed by atoms with Gasteiger partial charge >= 0.3 is 0 Å². The minimum atomic E-state index is -0.296. The molecule has 0 unspecified atom stereocenters. The lowest BCUT2D eigenvalue weighted by atomic mass is 10.0. The molecule has 0 atom stereocenters. The summed E-state index contributed by atoms with van der Waals surface area (Å²) in [6.45, 7) is 0.863. The van der Waals surface area contributed by atoms with Gasteiger partial charge in [0.15, 0.2) is 0 Å². The van der Waals surface area contributed by atoms with Gasteiger partial charge < -0.3 is 15.2 Å². The van der Waals surface area contributed by atoms with E-state index in [4.69, 9.17) is 4.74 Å². The second kappa shape index (κ2) is 5.51. The molecule has 0 aliphatic heterocycles. The average Bonchev–Trinajstić information content (AvgIpc) is 2.39. The Morgan fingerprint density at radius 2 is 2.06 bits per heavy atom. The standard InChI is InChI=1S/C14H15NO3/c1-18-9-8-15-14(17)12-7-6-10-4-2-3-5-11(10)13(12)16/h2-7,16H,8-9H2,1H3,(H,15,17). The van der Waals surface area contributed by atoms with Gasteiger partial charge in [-0.15, -0.1) is 0 Å². The van der Waals surface area contributed by atoms with E-state index < -0.39 is 0 Å². The van der Waals surface area contributed by atoms with E-state index >= 15 is 0 Å². The lowest BCUT2D eigenvalue weighted by Gasteiger charge is -2.08. The van der Waals surface area contributed by atoms with Crippen LogP contribution in [0.4, 0.5) is 0 Å². The van der Waals surface area contributed by atoms with E-state index in [1.165, 1.54) is 0 Å². The molecular weight excluding hydrogens is 230 g/mol. The molecule has 1 amide bonds. The maximum Gasteiger partial charge on any atom is 0.255 e. The first-order valence-corrected chi connectivity index (χ1v) is 5.72. The first-order chi connectivity index (χ1) is 8.74. The molecule has 0 aromatic heterocycles. The molecule has 94 valence electrons. The molecule has 0 saturated heterocycles. The number of carbonyl (C=O) groups excluding carboxylic acids is 1. The monoisotopic (exact) mass is 245 g/mol. The van der Waals surface area contributed by atoms with Gasteiger partial charge in [-0.05, 0) is 11.5 Å². The zero-order valence-corrected chi connectivity index (χ0v) is 10.1. The van der Waals surface area contributed by atoms with Crippen LogP contribution < -0.4 is 5.32 Å². The highest BCUT2D eigenvalue weighted by Crippen LogP contribution is 2.28. The summed E-state index contributed by atoms with van der Waals surface area (Å²) in [6.07, 6.45) is 0. The first kappa shape index (κ1) is 12.4. The van der Waals surface area contributed by atoms with Gasteiger partial charge in [-0.3, -0.25) is 4.79 Å². The lowest BCUT2D eigenvalue weighted by Crippen LogP contribution is -2.26. The fraction of sp³-hybridized carbons (Fsp3) is 0.214. The number of carbonyl (C=O) groups is 1. The van der Waals surface area contributed by atoms with Gasteiger partial charge in [0.1, 0.15) is 5.75 Å². The number of amides is 1. The summed E-state index contributed by atoms with van der Waals surface area (Å²) >= 11 is 0. The Morgan fingerprint density at radius 1 is 1.28 bits per heavy atom. The molecule has 18 heavy (non-hydrogen) atoms. The Morgan fingerprint density at radius 3 is 2.83 bits per heavy atom. The van der Waals surface area contributed by atoms with Crippen LogP contribution >= 0.6 is 0 Å². The van der Waals surface area contributed by atoms with Crippen molar-refractivity contribution in [3.63, 3.8) is 0 Å². The predicted molar refractivity (Wildman–Crippen MR) is 69.8 cm³/mol. The zero-order valence-electron chi connectivity index (χ0n) is 10.1. The molecule has 0 aliphatic rings. The van der Waals surface area contributed by atoms with Crippen molar-refractivity contribution in [1.82, 2.24) is 5.32 Å². The largest absolute Gasteiger partial charge is 0.506 e. The third-order valence-corrected chi connectivity index (χ3v) is 2.74. The molecular formula is C14H15NO3.